The molecule has 1 aliphatic rings. The molecule has 0 fully saturated rings. The fraction of sp³-hybridized carbons (Fsp3) is 0.474. The van der Waals surface area contributed by atoms with E-state index in [-0.39, 0.29) is 0 Å². The molecule has 1 N–H and O–H groups in total. The summed E-state index contributed by atoms with van der Waals surface area (Å²) >= 11 is 0. The van der Waals surface area contributed by atoms with E-state index in [0.29, 0.717) is 12.0 Å². The normalized spacial score (nSPS) is 20.4. The van der Waals surface area contributed by atoms with Crippen molar-refractivity contribution in [1.29, 1.82) is 0 Å². The molecule has 1 aliphatic heterocycles. The zero-order chi connectivity index (χ0) is 15.6. The summed E-state index contributed by atoms with van der Waals surface area (Å²) in [5.41, 5.74) is 4.33. The number of nitrogens with one attached hydrogen (secondary N) is 1. The first kappa shape index (κ1) is 16.1. The van der Waals surface area contributed by atoms with Gasteiger partial charge in [0.2, 0.25) is 0 Å². The number of benzene rings is 1. The third-order valence-electron chi connectivity index (χ3n) is 4.54. The van der Waals surface area contributed by atoms with E-state index in [1.165, 1.54) is 17.5 Å². The number of rotatable bonds is 4. The first-order chi connectivity index (χ1) is 9.84. The Hall–Kier alpha value is -1.28. The number of allylic oxidation sites excluding steroid dienone is 2. The van der Waals surface area contributed by atoms with E-state index in [2.05, 4.69) is 82.3 Å². The Morgan fingerprint density at radius 3 is 2.43 bits per heavy atom. The predicted octanol–water partition coefficient (Wildman–Crippen LogP) is 5.37. The van der Waals surface area contributed by atoms with Gasteiger partial charge in [-0.25, -0.2) is 0 Å². The van der Waals surface area contributed by atoms with Crippen LogP contribution in [0.1, 0.15) is 37.4 Å². The van der Waals surface area contributed by atoms with E-state index in [4.69, 9.17) is 0 Å². The van der Waals surface area contributed by atoms with E-state index >= 15 is 0 Å². The SMILES string of the molecule is CCC(C)C1=CC(c2ccccc2C)NC=C1[Si](C)(C)C. The highest BCUT2D eigenvalue weighted by molar-refractivity contribution is 6.84. The maximum Gasteiger partial charge on any atom is 0.0798 e. The Kier molecular flexibility index (Phi) is 4.77. The summed E-state index contributed by atoms with van der Waals surface area (Å²) in [6.07, 6.45) is 5.99. The molecular weight excluding hydrogens is 270 g/mol. The smallest absolute Gasteiger partial charge is 0.0798 e. The van der Waals surface area contributed by atoms with Gasteiger partial charge in [0.15, 0.2) is 0 Å². The molecule has 21 heavy (non-hydrogen) atoms. The van der Waals surface area contributed by atoms with Crippen LogP contribution in [0.2, 0.25) is 19.6 Å². The first-order valence-electron chi connectivity index (χ1n) is 8.09. The van der Waals surface area contributed by atoms with Crippen molar-refractivity contribution >= 4 is 8.07 Å². The minimum atomic E-state index is -1.31. The molecule has 2 atom stereocenters. The van der Waals surface area contributed by atoms with Gasteiger partial charge in [-0.15, -0.1) is 0 Å². The van der Waals surface area contributed by atoms with Gasteiger partial charge in [0.1, 0.15) is 0 Å². The van der Waals surface area contributed by atoms with Crippen molar-refractivity contribution in [1.82, 2.24) is 5.32 Å². The molecule has 1 aromatic rings. The molecule has 114 valence electrons. The number of dihydropyridines is 1. The van der Waals surface area contributed by atoms with Gasteiger partial charge in [-0.3, -0.25) is 0 Å². The zero-order valence-electron chi connectivity index (χ0n) is 14.3. The Labute approximate surface area is 131 Å². The van der Waals surface area contributed by atoms with E-state index < -0.39 is 8.07 Å². The fourth-order valence-electron chi connectivity index (χ4n) is 2.99. The maximum atomic E-state index is 3.64. The lowest BCUT2D eigenvalue weighted by molar-refractivity contribution is 0.633. The highest BCUT2D eigenvalue weighted by atomic mass is 28.3. The third-order valence-corrected chi connectivity index (χ3v) is 6.59. The third kappa shape index (κ3) is 3.49. The van der Waals surface area contributed by atoms with Crippen molar-refractivity contribution in [2.24, 2.45) is 5.92 Å². The van der Waals surface area contributed by atoms with Gasteiger partial charge >= 0.3 is 0 Å². The molecule has 0 aromatic heterocycles. The lowest BCUT2D eigenvalue weighted by Crippen LogP contribution is -2.33. The molecule has 1 aromatic carbocycles. The average molecular weight is 300 g/mol. The second-order valence-electron chi connectivity index (χ2n) is 7.24. The van der Waals surface area contributed by atoms with Crippen molar-refractivity contribution in [2.45, 2.75) is 52.9 Å². The van der Waals surface area contributed by atoms with Crippen LogP contribution in [0.15, 0.2) is 47.3 Å². The molecule has 1 heterocycles. The second-order valence-corrected chi connectivity index (χ2v) is 12.3. The number of aryl methyl sites for hydroxylation is 1. The summed E-state index contributed by atoms with van der Waals surface area (Å²) in [6, 6.07) is 9.01. The molecule has 2 unspecified atom stereocenters. The molecule has 1 nitrogen and oxygen atoms in total. The molecular formula is C19H29NSi. The van der Waals surface area contributed by atoms with Crippen molar-refractivity contribution in [3.8, 4) is 0 Å². The second kappa shape index (κ2) is 6.23. The quantitative estimate of drug-likeness (QED) is 0.737. The van der Waals surface area contributed by atoms with Gasteiger partial charge in [0.25, 0.3) is 0 Å². The molecule has 2 rings (SSSR count). The maximum absolute atomic E-state index is 3.64. The molecule has 0 aliphatic carbocycles. The average Bonchev–Trinajstić information content (AvgIpc) is 2.45. The van der Waals surface area contributed by atoms with Crippen molar-refractivity contribution in [3.63, 3.8) is 0 Å². The molecule has 0 bridgehead atoms. The lowest BCUT2D eigenvalue weighted by atomic mass is 9.91. The Morgan fingerprint density at radius 1 is 1.19 bits per heavy atom. The van der Waals surface area contributed by atoms with Crippen LogP contribution in [-0.4, -0.2) is 8.07 Å². The molecule has 2 heteroatoms. The Balaban J connectivity index is 2.41. The van der Waals surface area contributed by atoms with Crippen molar-refractivity contribution in [3.05, 3.63) is 58.4 Å². The molecule has 0 amide bonds. The van der Waals surface area contributed by atoms with Gasteiger partial charge in [0, 0.05) is 0 Å². The van der Waals surface area contributed by atoms with Crippen LogP contribution in [0.25, 0.3) is 0 Å². The van der Waals surface area contributed by atoms with Gasteiger partial charge in [0.05, 0.1) is 14.1 Å². The monoisotopic (exact) mass is 299 g/mol. The summed E-state index contributed by atoms with van der Waals surface area (Å²) in [4.78, 5) is 0. The Morgan fingerprint density at radius 2 is 1.86 bits per heavy atom. The Bertz CT molecular complexity index is 563. The van der Waals surface area contributed by atoms with Gasteiger partial charge < -0.3 is 5.32 Å². The topological polar surface area (TPSA) is 12.0 Å². The first-order valence-corrected chi connectivity index (χ1v) is 11.6. The summed E-state index contributed by atoms with van der Waals surface area (Å²) < 4.78 is 0. The molecule has 0 saturated carbocycles. The van der Waals surface area contributed by atoms with Gasteiger partial charge in [-0.2, -0.15) is 0 Å². The van der Waals surface area contributed by atoms with Crippen LogP contribution in [0.5, 0.6) is 0 Å². The fourth-order valence-corrected chi connectivity index (χ4v) is 4.70. The van der Waals surface area contributed by atoms with Gasteiger partial charge in [-0.1, -0.05) is 63.8 Å². The minimum Gasteiger partial charge on any atom is -0.381 e. The van der Waals surface area contributed by atoms with Crippen LogP contribution >= 0.6 is 0 Å². The summed E-state index contributed by atoms with van der Waals surface area (Å²) in [5, 5.41) is 5.22. The summed E-state index contributed by atoms with van der Waals surface area (Å²) in [5.74, 6) is 0.636. The van der Waals surface area contributed by atoms with Crippen LogP contribution in [0, 0.1) is 12.8 Å². The van der Waals surface area contributed by atoms with E-state index in [9.17, 15) is 0 Å². The minimum absolute atomic E-state index is 0.315. The van der Waals surface area contributed by atoms with E-state index in [1.807, 2.05) is 0 Å². The van der Waals surface area contributed by atoms with Crippen LogP contribution in [0.3, 0.4) is 0 Å². The largest absolute Gasteiger partial charge is 0.381 e. The number of hydrogen-bond acceptors (Lipinski definition) is 1. The molecule has 0 radical (unpaired) electrons. The van der Waals surface area contributed by atoms with Crippen LogP contribution in [-0.2, 0) is 0 Å². The standard InChI is InChI=1S/C19H29NSi/c1-7-14(2)17-12-18(16-11-9-8-10-15(16)3)20-13-19(17)21(4,5)6/h8-14,18,20H,7H2,1-6H3. The lowest BCUT2D eigenvalue weighted by Gasteiger charge is -2.33. The van der Waals surface area contributed by atoms with Crippen LogP contribution in [0.4, 0.5) is 0 Å². The summed E-state index contributed by atoms with van der Waals surface area (Å²) in [6.45, 7) is 14.2. The van der Waals surface area contributed by atoms with Crippen molar-refractivity contribution < 1.29 is 0 Å². The summed E-state index contributed by atoms with van der Waals surface area (Å²) in [7, 11) is -1.31. The van der Waals surface area contributed by atoms with Crippen molar-refractivity contribution in [2.75, 3.05) is 0 Å². The van der Waals surface area contributed by atoms with Gasteiger partial charge in [-0.05, 0) is 47.4 Å². The highest BCUT2D eigenvalue weighted by Crippen LogP contribution is 2.35. The zero-order valence-corrected chi connectivity index (χ0v) is 15.3. The predicted molar refractivity (Wildman–Crippen MR) is 96.0 cm³/mol. The molecule has 0 saturated heterocycles. The van der Waals surface area contributed by atoms with Crippen LogP contribution < -0.4 is 5.32 Å². The highest BCUT2D eigenvalue weighted by Gasteiger charge is 2.29. The van der Waals surface area contributed by atoms with E-state index in [0.717, 1.165) is 0 Å². The molecule has 0 spiro atoms. The number of hydrogen-bond donors (Lipinski definition) is 1. The van der Waals surface area contributed by atoms with E-state index in [1.54, 1.807) is 10.8 Å².